The number of rotatable bonds is 4. The molecular weight excluding hydrogens is 267 g/mol. The third-order valence-electron chi connectivity index (χ3n) is 2.71. The number of benzene rings is 2. The van der Waals surface area contributed by atoms with Gasteiger partial charge < -0.3 is 4.74 Å². The van der Waals surface area contributed by atoms with E-state index in [1.807, 2.05) is 13.0 Å². The van der Waals surface area contributed by atoms with Crippen molar-refractivity contribution in [1.29, 1.82) is 0 Å². The highest BCUT2D eigenvalue weighted by Gasteiger charge is 2.08. The van der Waals surface area contributed by atoms with Gasteiger partial charge in [-0.25, -0.2) is 4.39 Å². The summed E-state index contributed by atoms with van der Waals surface area (Å²) >= 11 is 5.69. The molecule has 0 atom stereocenters. The number of hydrogen-bond acceptors (Lipinski definition) is 2. The number of carbonyl (C=O) groups is 1. The van der Waals surface area contributed by atoms with E-state index in [2.05, 4.69) is 0 Å². The number of hydrogen-bond donors (Lipinski definition) is 0. The van der Waals surface area contributed by atoms with Gasteiger partial charge in [-0.05, 0) is 25.1 Å². The van der Waals surface area contributed by atoms with E-state index in [0.29, 0.717) is 16.9 Å². The monoisotopic (exact) mass is 278 g/mol. The van der Waals surface area contributed by atoms with E-state index in [-0.39, 0.29) is 11.6 Å². The summed E-state index contributed by atoms with van der Waals surface area (Å²) in [6.07, 6.45) is 0.719. The predicted molar refractivity (Wildman–Crippen MR) is 72.3 cm³/mol. The maximum Gasteiger partial charge on any atom is 0.153 e. The minimum atomic E-state index is -0.496. The molecule has 0 radical (unpaired) electrons. The lowest BCUT2D eigenvalue weighted by Crippen LogP contribution is -2.01. The standard InChI is InChI=1S/C15H12ClFO2/c1-10-5-6-14(12(7-10)8-18)19-9-11-3-2-4-13(16)15(11)17/h2-8H,9H2,1H3. The van der Waals surface area contributed by atoms with E-state index in [1.54, 1.807) is 24.3 Å². The van der Waals surface area contributed by atoms with Crippen LogP contribution in [0.25, 0.3) is 0 Å². The Balaban J connectivity index is 2.19. The maximum atomic E-state index is 13.7. The van der Waals surface area contributed by atoms with E-state index in [9.17, 15) is 9.18 Å². The van der Waals surface area contributed by atoms with Crippen LogP contribution >= 0.6 is 11.6 Å². The molecule has 0 saturated carbocycles. The molecule has 0 aliphatic carbocycles. The molecule has 98 valence electrons. The Labute approximate surface area is 115 Å². The molecule has 2 rings (SSSR count). The first-order chi connectivity index (χ1) is 9.11. The normalized spacial score (nSPS) is 10.3. The number of aldehydes is 1. The van der Waals surface area contributed by atoms with Crippen molar-refractivity contribution >= 4 is 17.9 Å². The number of carbonyl (C=O) groups excluding carboxylic acids is 1. The summed E-state index contributed by atoms with van der Waals surface area (Å²) < 4.78 is 19.1. The molecule has 2 nitrogen and oxygen atoms in total. The Morgan fingerprint density at radius 1 is 1.32 bits per heavy atom. The van der Waals surface area contributed by atoms with Gasteiger partial charge in [-0.1, -0.05) is 35.4 Å². The van der Waals surface area contributed by atoms with E-state index < -0.39 is 5.82 Å². The fraction of sp³-hybridized carbons (Fsp3) is 0.133. The molecule has 0 heterocycles. The third-order valence-corrected chi connectivity index (χ3v) is 3.00. The Morgan fingerprint density at radius 2 is 2.11 bits per heavy atom. The van der Waals surface area contributed by atoms with Gasteiger partial charge in [-0.3, -0.25) is 4.79 Å². The molecule has 0 aliphatic rings. The van der Waals surface area contributed by atoms with Crippen LogP contribution in [0.1, 0.15) is 21.5 Å². The van der Waals surface area contributed by atoms with Crippen LogP contribution in [0.5, 0.6) is 5.75 Å². The van der Waals surface area contributed by atoms with Crippen molar-refractivity contribution in [3.05, 3.63) is 63.9 Å². The summed E-state index contributed by atoms with van der Waals surface area (Å²) in [7, 11) is 0. The lowest BCUT2D eigenvalue weighted by molar-refractivity contribution is 0.111. The highest BCUT2D eigenvalue weighted by Crippen LogP contribution is 2.22. The number of halogens is 2. The zero-order valence-corrected chi connectivity index (χ0v) is 11.1. The Kier molecular flexibility index (Phi) is 4.17. The lowest BCUT2D eigenvalue weighted by Gasteiger charge is -2.10. The van der Waals surface area contributed by atoms with Crippen molar-refractivity contribution in [2.75, 3.05) is 0 Å². The van der Waals surface area contributed by atoms with Crippen molar-refractivity contribution < 1.29 is 13.9 Å². The van der Waals surface area contributed by atoms with Gasteiger partial charge in [0.15, 0.2) is 6.29 Å². The summed E-state index contributed by atoms with van der Waals surface area (Å²) in [5, 5.41) is 0.0561. The van der Waals surface area contributed by atoms with Crippen LogP contribution in [-0.4, -0.2) is 6.29 Å². The smallest absolute Gasteiger partial charge is 0.153 e. The summed E-state index contributed by atoms with van der Waals surface area (Å²) in [6, 6.07) is 9.97. The molecule has 0 saturated heterocycles. The molecule has 4 heteroatoms. The minimum absolute atomic E-state index is 0.0241. The molecule has 2 aromatic rings. The first kappa shape index (κ1) is 13.6. The van der Waals surface area contributed by atoms with Crippen molar-refractivity contribution in [2.24, 2.45) is 0 Å². The first-order valence-corrected chi connectivity index (χ1v) is 6.11. The third kappa shape index (κ3) is 3.12. The van der Waals surface area contributed by atoms with E-state index in [1.165, 1.54) is 6.07 Å². The van der Waals surface area contributed by atoms with E-state index in [4.69, 9.17) is 16.3 Å². The van der Waals surface area contributed by atoms with Gasteiger partial charge in [0.05, 0.1) is 10.6 Å². The summed E-state index contributed by atoms with van der Waals surface area (Å²) in [5.74, 6) is -0.0658. The zero-order valence-electron chi connectivity index (χ0n) is 10.3. The summed E-state index contributed by atoms with van der Waals surface area (Å²) in [6.45, 7) is 1.91. The van der Waals surface area contributed by atoms with Crippen LogP contribution in [0.4, 0.5) is 4.39 Å². The van der Waals surface area contributed by atoms with Crippen molar-refractivity contribution in [1.82, 2.24) is 0 Å². The fourth-order valence-corrected chi connectivity index (χ4v) is 1.90. The Morgan fingerprint density at radius 3 is 2.84 bits per heavy atom. The topological polar surface area (TPSA) is 26.3 Å². The largest absolute Gasteiger partial charge is 0.488 e. The van der Waals surface area contributed by atoms with Gasteiger partial charge >= 0.3 is 0 Å². The minimum Gasteiger partial charge on any atom is -0.488 e. The van der Waals surface area contributed by atoms with Crippen LogP contribution < -0.4 is 4.74 Å². The average molecular weight is 279 g/mol. The molecule has 19 heavy (non-hydrogen) atoms. The number of aryl methyl sites for hydroxylation is 1. The van der Waals surface area contributed by atoms with Gasteiger partial charge in [0.2, 0.25) is 0 Å². The summed E-state index contributed by atoms with van der Waals surface area (Å²) in [5.41, 5.74) is 1.76. The molecule has 0 N–H and O–H groups in total. The van der Waals surface area contributed by atoms with E-state index in [0.717, 1.165) is 11.8 Å². The lowest BCUT2D eigenvalue weighted by atomic mass is 10.1. The van der Waals surface area contributed by atoms with E-state index >= 15 is 0 Å². The maximum absolute atomic E-state index is 13.7. The molecular formula is C15H12ClFO2. The van der Waals surface area contributed by atoms with Gasteiger partial charge in [-0.2, -0.15) is 0 Å². The van der Waals surface area contributed by atoms with Crippen LogP contribution in [-0.2, 0) is 6.61 Å². The second kappa shape index (κ2) is 5.85. The Hall–Kier alpha value is -1.87. The van der Waals surface area contributed by atoms with Gasteiger partial charge in [0, 0.05) is 5.56 Å². The average Bonchev–Trinajstić information content (AvgIpc) is 2.41. The van der Waals surface area contributed by atoms with Crippen molar-refractivity contribution in [3.8, 4) is 5.75 Å². The first-order valence-electron chi connectivity index (χ1n) is 5.73. The molecule has 0 spiro atoms. The molecule has 0 bridgehead atoms. The molecule has 0 aromatic heterocycles. The molecule has 0 amide bonds. The molecule has 0 fully saturated rings. The second-order valence-electron chi connectivity index (χ2n) is 4.16. The number of ether oxygens (including phenoxy) is 1. The predicted octanol–water partition coefficient (Wildman–Crippen LogP) is 4.18. The molecule has 0 unspecified atom stereocenters. The fourth-order valence-electron chi connectivity index (χ4n) is 1.71. The molecule has 0 aliphatic heterocycles. The van der Waals surface area contributed by atoms with Crippen molar-refractivity contribution in [2.45, 2.75) is 13.5 Å². The van der Waals surface area contributed by atoms with Crippen LogP contribution in [0.2, 0.25) is 5.02 Å². The Bertz CT molecular complexity index is 611. The van der Waals surface area contributed by atoms with Gasteiger partial charge in [-0.15, -0.1) is 0 Å². The SMILES string of the molecule is Cc1ccc(OCc2cccc(Cl)c2F)c(C=O)c1. The quantitative estimate of drug-likeness (QED) is 0.784. The summed E-state index contributed by atoms with van der Waals surface area (Å²) in [4.78, 5) is 10.9. The van der Waals surface area contributed by atoms with Gasteiger partial charge in [0.1, 0.15) is 18.2 Å². The second-order valence-corrected chi connectivity index (χ2v) is 4.57. The van der Waals surface area contributed by atoms with Crippen LogP contribution in [0.15, 0.2) is 36.4 Å². The highest BCUT2D eigenvalue weighted by atomic mass is 35.5. The zero-order chi connectivity index (χ0) is 13.8. The highest BCUT2D eigenvalue weighted by molar-refractivity contribution is 6.30. The van der Waals surface area contributed by atoms with Crippen LogP contribution in [0, 0.1) is 12.7 Å². The van der Waals surface area contributed by atoms with Crippen molar-refractivity contribution in [3.63, 3.8) is 0 Å². The van der Waals surface area contributed by atoms with Gasteiger partial charge in [0.25, 0.3) is 0 Å². The molecule has 2 aromatic carbocycles. The van der Waals surface area contributed by atoms with Crippen LogP contribution in [0.3, 0.4) is 0 Å².